The lowest BCUT2D eigenvalue weighted by Gasteiger charge is -2.56. The minimum absolute atomic E-state index is 0. The summed E-state index contributed by atoms with van der Waals surface area (Å²) in [7, 11) is 0. The van der Waals surface area contributed by atoms with Crippen molar-refractivity contribution in [3.8, 4) is 0 Å². The number of ketones is 1. The molecule has 4 saturated carbocycles. The molecule has 0 radical (unpaired) electrons. The normalized spacial score (nSPS) is 40.1. The second kappa shape index (κ2) is 5.04. The van der Waals surface area contributed by atoms with E-state index in [1.54, 1.807) is 0 Å². The number of hydrogen-bond acceptors (Lipinski definition) is 2. The topological polar surface area (TPSA) is 29.1 Å². The van der Waals surface area contributed by atoms with Gasteiger partial charge in [0.1, 0.15) is 0 Å². The Bertz CT molecular complexity index is 323. The van der Waals surface area contributed by atoms with E-state index in [1.165, 1.54) is 38.5 Å². The molecule has 4 fully saturated rings. The minimum Gasteiger partial charge on any atom is -0.305 e. The highest BCUT2D eigenvalue weighted by molar-refractivity contribution is 5.87. The number of nitrogens with one attached hydrogen (secondary N) is 1. The molecule has 3 heteroatoms. The Labute approximate surface area is 123 Å². The first-order valence-electron chi connectivity index (χ1n) is 7.65. The third-order valence-electron chi connectivity index (χ3n) is 5.41. The standard InChI is InChI=1S/C16H27NO.ClH/c1-15(2,3)17-10-14(18)16-7-11-4-12(8-16)6-13(5-11)9-16;/h11-13,17H,4-10H2,1-3H3;1H. The Kier molecular flexibility index (Phi) is 4.06. The van der Waals surface area contributed by atoms with Crippen LogP contribution in [0.4, 0.5) is 0 Å². The fourth-order valence-electron chi connectivity index (χ4n) is 4.99. The van der Waals surface area contributed by atoms with Crippen LogP contribution in [0.3, 0.4) is 0 Å². The van der Waals surface area contributed by atoms with Crippen LogP contribution >= 0.6 is 12.4 Å². The molecule has 0 aromatic heterocycles. The van der Waals surface area contributed by atoms with Gasteiger partial charge in [-0.15, -0.1) is 12.4 Å². The predicted octanol–water partition coefficient (Wildman–Crippen LogP) is 3.58. The van der Waals surface area contributed by atoms with Crippen LogP contribution in [0, 0.1) is 23.2 Å². The number of halogens is 1. The summed E-state index contributed by atoms with van der Waals surface area (Å²) < 4.78 is 0. The van der Waals surface area contributed by atoms with Crippen LogP contribution in [-0.4, -0.2) is 17.9 Å². The fourth-order valence-corrected chi connectivity index (χ4v) is 4.99. The molecule has 0 saturated heterocycles. The molecule has 0 aromatic rings. The van der Waals surface area contributed by atoms with Crippen LogP contribution < -0.4 is 5.32 Å². The molecule has 0 aliphatic heterocycles. The molecule has 0 aromatic carbocycles. The Morgan fingerprint density at radius 2 is 1.47 bits per heavy atom. The molecule has 4 aliphatic carbocycles. The minimum atomic E-state index is 0. The lowest BCUT2D eigenvalue weighted by molar-refractivity contribution is -0.143. The number of carbonyl (C=O) groups excluding carboxylic acids is 1. The van der Waals surface area contributed by atoms with E-state index in [9.17, 15) is 4.79 Å². The van der Waals surface area contributed by atoms with Crippen LogP contribution in [0.2, 0.25) is 0 Å². The van der Waals surface area contributed by atoms with E-state index in [2.05, 4.69) is 26.1 Å². The average Bonchev–Trinajstić information content (AvgIpc) is 2.22. The second-order valence-corrected chi connectivity index (χ2v) is 8.22. The Balaban J connectivity index is 0.00000133. The number of carbonyl (C=O) groups is 1. The first-order valence-corrected chi connectivity index (χ1v) is 7.65. The van der Waals surface area contributed by atoms with Crippen LogP contribution in [0.5, 0.6) is 0 Å². The van der Waals surface area contributed by atoms with Gasteiger partial charge in [-0.2, -0.15) is 0 Å². The van der Waals surface area contributed by atoms with E-state index in [0.717, 1.165) is 17.8 Å². The van der Waals surface area contributed by atoms with Crippen LogP contribution in [0.25, 0.3) is 0 Å². The van der Waals surface area contributed by atoms with Crippen molar-refractivity contribution in [2.75, 3.05) is 6.54 Å². The molecule has 4 rings (SSSR count). The van der Waals surface area contributed by atoms with E-state index in [4.69, 9.17) is 0 Å². The van der Waals surface area contributed by atoms with Crippen molar-refractivity contribution < 1.29 is 4.79 Å². The lowest BCUT2D eigenvalue weighted by atomic mass is 9.48. The zero-order valence-electron chi connectivity index (χ0n) is 12.5. The Morgan fingerprint density at radius 3 is 1.84 bits per heavy atom. The monoisotopic (exact) mass is 285 g/mol. The molecular formula is C16H28ClNO. The maximum absolute atomic E-state index is 12.7. The molecular weight excluding hydrogens is 258 g/mol. The van der Waals surface area contributed by atoms with E-state index in [1.807, 2.05) is 0 Å². The van der Waals surface area contributed by atoms with Gasteiger partial charge < -0.3 is 5.32 Å². The van der Waals surface area contributed by atoms with Crippen molar-refractivity contribution in [3.05, 3.63) is 0 Å². The van der Waals surface area contributed by atoms with Crippen molar-refractivity contribution in [2.24, 2.45) is 23.2 Å². The quantitative estimate of drug-likeness (QED) is 0.859. The highest BCUT2D eigenvalue weighted by Crippen LogP contribution is 2.60. The smallest absolute Gasteiger partial charge is 0.152 e. The highest BCUT2D eigenvalue weighted by Gasteiger charge is 2.54. The number of Topliss-reactive ketones (excluding diaryl/α,β-unsaturated/α-hetero) is 1. The number of rotatable bonds is 3. The van der Waals surface area contributed by atoms with Gasteiger partial charge in [-0.25, -0.2) is 0 Å². The zero-order chi connectivity index (χ0) is 13.0. The zero-order valence-corrected chi connectivity index (χ0v) is 13.3. The first-order chi connectivity index (χ1) is 8.36. The molecule has 0 heterocycles. The molecule has 19 heavy (non-hydrogen) atoms. The van der Waals surface area contributed by atoms with E-state index in [-0.39, 0.29) is 23.4 Å². The molecule has 0 unspecified atom stereocenters. The lowest BCUT2D eigenvalue weighted by Crippen LogP contribution is -2.53. The molecule has 0 amide bonds. The second-order valence-electron chi connectivity index (χ2n) is 8.22. The van der Waals surface area contributed by atoms with Gasteiger partial charge in [0.2, 0.25) is 0 Å². The van der Waals surface area contributed by atoms with Crippen molar-refractivity contribution in [1.29, 1.82) is 0 Å². The summed E-state index contributed by atoms with van der Waals surface area (Å²) in [5.74, 6) is 3.12. The molecule has 2 nitrogen and oxygen atoms in total. The highest BCUT2D eigenvalue weighted by atomic mass is 35.5. The molecule has 0 atom stereocenters. The van der Waals surface area contributed by atoms with Gasteiger partial charge in [0.15, 0.2) is 5.78 Å². The largest absolute Gasteiger partial charge is 0.305 e. The molecule has 110 valence electrons. The van der Waals surface area contributed by atoms with Crippen molar-refractivity contribution >= 4 is 18.2 Å². The summed E-state index contributed by atoms with van der Waals surface area (Å²) in [4.78, 5) is 12.7. The van der Waals surface area contributed by atoms with E-state index in [0.29, 0.717) is 12.3 Å². The summed E-state index contributed by atoms with van der Waals surface area (Å²) in [6.07, 6.45) is 7.84. The maximum Gasteiger partial charge on any atom is 0.152 e. The molecule has 4 bridgehead atoms. The molecule has 0 spiro atoms. The Morgan fingerprint density at radius 1 is 1.05 bits per heavy atom. The van der Waals surface area contributed by atoms with Crippen LogP contribution in [0.15, 0.2) is 0 Å². The SMILES string of the molecule is CC(C)(C)NCC(=O)C12CC3CC(CC(C3)C1)C2.Cl. The summed E-state index contributed by atoms with van der Waals surface area (Å²) in [5, 5.41) is 3.40. The maximum atomic E-state index is 12.7. The van der Waals surface area contributed by atoms with Gasteiger partial charge in [-0.1, -0.05) is 0 Å². The van der Waals surface area contributed by atoms with Gasteiger partial charge in [0.25, 0.3) is 0 Å². The third-order valence-corrected chi connectivity index (χ3v) is 5.41. The van der Waals surface area contributed by atoms with Gasteiger partial charge in [0.05, 0.1) is 6.54 Å². The summed E-state index contributed by atoms with van der Waals surface area (Å²) in [6.45, 7) is 7.00. The predicted molar refractivity (Wildman–Crippen MR) is 80.6 cm³/mol. The number of hydrogen-bond donors (Lipinski definition) is 1. The van der Waals surface area contributed by atoms with Gasteiger partial charge in [-0.3, -0.25) is 4.79 Å². The van der Waals surface area contributed by atoms with Crippen LogP contribution in [0.1, 0.15) is 59.3 Å². The fraction of sp³-hybridized carbons (Fsp3) is 0.938. The average molecular weight is 286 g/mol. The summed E-state index contributed by atoms with van der Waals surface area (Å²) in [6, 6.07) is 0. The summed E-state index contributed by atoms with van der Waals surface area (Å²) >= 11 is 0. The first kappa shape index (κ1) is 15.3. The van der Waals surface area contributed by atoms with Gasteiger partial charge >= 0.3 is 0 Å². The summed E-state index contributed by atoms with van der Waals surface area (Å²) in [5.41, 5.74) is 0.130. The van der Waals surface area contributed by atoms with Crippen molar-refractivity contribution in [1.82, 2.24) is 5.32 Å². The van der Waals surface area contributed by atoms with Crippen molar-refractivity contribution in [2.45, 2.75) is 64.8 Å². The van der Waals surface area contributed by atoms with Gasteiger partial charge in [0, 0.05) is 11.0 Å². The van der Waals surface area contributed by atoms with Gasteiger partial charge in [-0.05, 0) is 77.0 Å². The van der Waals surface area contributed by atoms with Crippen LogP contribution in [-0.2, 0) is 4.79 Å². The van der Waals surface area contributed by atoms with E-state index < -0.39 is 0 Å². The van der Waals surface area contributed by atoms with E-state index >= 15 is 0 Å². The molecule has 1 N–H and O–H groups in total. The molecule has 4 aliphatic rings. The third kappa shape index (κ3) is 3.00. The Hall–Kier alpha value is -0.0800. The van der Waals surface area contributed by atoms with Crippen molar-refractivity contribution in [3.63, 3.8) is 0 Å².